The summed E-state index contributed by atoms with van der Waals surface area (Å²) >= 11 is 0. The summed E-state index contributed by atoms with van der Waals surface area (Å²) in [6.45, 7) is 5.84. The van der Waals surface area contributed by atoms with E-state index in [1.54, 1.807) is 0 Å². The van der Waals surface area contributed by atoms with Crippen molar-refractivity contribution in [2.24, 2.45) is 0 Å². The van der Waals surface area contributed by atoms with Crippen molar-refractivity contribution in [2.75, 3.05) is 11.1 Å². The van der Waals surface area contributed by atoms with Crippen molar-refractivity contribution in [1.82, 2.24) is 25.1 Å². The Morgan fingerprint density at radius 3 is 2.53 bits per heavy atom. The SMILES string of the molecule is Cc1cc(C)c(NC(=O)Cn2nnc(-c3nc(-c4ccccc4)no3)c2N)c(C)c1. The molecule has 4 aromatic rings. The maximum Gasteiger partial charge on any atom is 0.282 e. The maximum atomic E-state index is 12.6. The predicted octanol–water partition coefficient (Wildman–Crippen LogP) is 3.14. The normalized spacial score (nSPS) is 10.9. The summed E-state index contributed by atoms with van der Waals surface area (Å²) in [6, 6.07) is 13.4. The molecule has 2 heterocycles. The molecule has 30 heavy (non-hydrogen) atoms. The Hall–Kier alpha value is -4.01. The van der Waals surface area contributed by atoms with E-state index in [1.807, 2.05) is 63.2 Å². The van der Waals surface area contributed by atoms with Crippen molar-refractivity contribution in [3.8, 4) is 23.0 Å². The summed E-state index contributed by atoms with van der Waals surface area (Å²) in [5, 5.41) is 14.9. The van der Waals surface area contributed by atoms with Gasteiger partial charge in [0.05, 0.1) is 0 Å². The Kier molecular flexibility index (Phi) is 5.01. The topological polar surface area (TPSA) is 125 Å². The van der Waals surface area contributed by atoms with Crippen LogP contribution in [0, 0.1) is 20.8 Å². The zero-order valence-electron chi connectivity index (χ0n) is 16.9. The zero-order chi connectivity index (χ0) is 21.3. The van der Waals surface area contributed by atoms with Crippen LogP contribution in [-0.4, -0.2) is 31.0 Å². The van der Waals surface area contributed by atoms with E-state index in [4.69, 9.17) is 10.3 Å². The van der Waals surface area contributed by atoms with Crippen LogP contribution in [0.4, 0.5) is 11.5 Å². The molecule has 3 N–H and O–H groups in total. The first-order valence-electron chi connectivity index (χ1n) is 9.38. The van der Waals surface area contributed by atoms with Crippen molar-refractivity contribution >= 4 is 17.4 Å². The molecule has 0 aliphatic rings. The second-order valence-electron chi connectivity index (χ2n) is 7.09. The average Bonchev–Trinajstić information content (AvgIpc) is 3.33. The molecule has 9 nitrogen and oxygen atoms in total. The number of amides is 1. The largest absolute Gasteiger partial charge is 0.382 e. The van der Waals surface area contributed by atoms with E-state index in [0.717, 1.165) is 27.9 Å². The van der Waals surface area contributed by atoms with Crippen LogP contribution in [0.5, 0.6) is 0 Å². The number of hydrogen-bond acceptors (Lipinski definition) is 7. The monoisotopic (exact) mass is 403 g/mol. The number of carbonyl (C=O) groups is 1. The maximum absolute atomic E-state index is 12.6. The number of nitrogen functional groups attached to an aromatic ring is 1. The Morgan fingerprint density at radius 2 is 1.83 bits per heavy atom. The van der Waals surface area contributed by atoms with E-state index in [2.05, 4.69) is 25.8 Å². The van der Waals surface area contributed by atoms with E-state index < -0.39 is 0 Å². The quantitative estimate of drug-likeness (QED) is 0.524. The molecule has 0 radical (unpaired) electrons. The number of rotatable bonds is 5. The van der Waals surface area contributed by atoms with Gasteiger partial charge in [0.1, 0.15) is 6.54 Å². The van der Waals surface area contributed by atoms with Crippen LogP contribution in [0.15, 0.2) is 47.0 Å². The Balaban J connectivity index is 1.52. The summed E-state index contributed by atoms with van der Waals surface area (Å²) in [5.41, 5.74) is 11.1. The third-order valence-corrected chi connectivity index (χ3v) is 4.67. The van der Waals surface area contributed by atoms with Crippen molar-refractivity contribution in [3.63, 3.8) is 0 Å². The van der Waals surface area contributed by atoms with Crippen molar-refractivity contribution in [1.29, 1.82) is 0 Å². The third kappa shape index (κ3) is 3.77. The predicted molar refractivity (Wildman–Crippen MR) is 112 cm³/mol. The van der Waals surface area contributed by atoms with Gasteiger partial charge < -0.3 is 15.6 Å². The summed E-state index contributed by atoms with van der Waals surface area (Å²) in [5.74, 6) is 0.473. The van der Waals surface area contributed by atoms with Gasteiger partial charge in [-0.1, -0.05) is 58.4 Å². The molecule has 152 valence electrons. The highest BCUT2D eigenvalue weighted by Gasteiger charge is 2.20. The van der Waals surface area contributed by atoms with Crippen LogP contribution < -0.4 is 11.1 Å². The molecule has 9 heteroatoms. The number of aryl methyl sites for hydroxylation is 3. The number of nitrogens with zero attached hydrogens (tertiary/aromatic N) is 5. The van der Waals surface area contributed by atoms with Crippen molar-refractivity contribution < 1.29 is 9.32 Å². The van der Waals surface area contributed by atoms with Gasteiger partial charge in [-0.15, -0.1) is 5.10 Å². The smallest absolute Gasteiger partial charge is 0.282 e. The van der Waals surface area contributed by atoms with Crippen LogP contribution in [-0.2, 0) is 11.3 Å². The fourth-order valence-corrected chi connectivity index (χ4v) is 3.31. The fourth-order valence-electron chi connectivity index (χ4n) is 3.31. The molecule has 1 amide bonds. The molecule has 2 aromatic heterocycles. The van der Waals surface area contributed by atoms with E-state index in [9.17, 15) is 4.79 Å². The Morgan fingerprint density at radius 1 is 1.13 bits per heavy atom. The second kappa shape index (κ2) is 7.78. The molecule has 0 aliphatic carbocycles. The molecule has 0 saturated heterocycles. The van der Waals surface area contributed by atoms with Crippen LogP contribution in [0.3, 0.4) is 0 Å². The minimum absolute atomic E-state index is 0.0920. The van der Waals surface area contributed by atoms with E-state index in [1.165, 1.54) is 4.68 Å². The van der Waals surface area contributed by atoms with Gasteiger partial charge >= 0.3 is 0 Å². The number of carbonyl (C=O) groups excluding carboxylic acids is 1. The van der Waals surface area contributed by atoms with E-state index >= 15 is 0 Å². The summed E-state index contributed by atoms with van der Waals surface area (Å²) in [4.78, 5) is 16.9. The van der Waals surface area contributed by atoms with Crippen LogP contribution in [0.1, 0.15) is 16.7 Å². The number of hydrogen-bond donors (Lipinski definition) is 2. The molecule has 0 bridgehead atoms. The minimum Gasteiger partial charge on any atom is -0.382 e. The molecule has 0 fully saturated rings. The van der Waals surface area contributed by atoms with Crippen LogP contribution >= 0.6 is 0 Å². The third-order valence-electron chi connectivity index (χ3n) is 4.67. The van der Waals surface area contributed by atoms with Gasteiger partial charge in [-0.2, -0.15) is 4.98 Å². The number of benzene rings is 2. The lowest BCUT2D eigenvalue weighted by Gasteiger charge is -2.13. The van der Waals surface area contributed by atoms with Gasteiger partial charge in [-0.25, -0.2) is 4.68 Å². The summed E-state index contributed by atoms with van der Waals surface area (Å²) in [6.07, 6.45) is 0. The average molecular weight is 403 g/mol. The lowest BCUT2D eigenvalue weighted by Crippen LogP contribution is -2.21. The Bertz CT molecular complexity index is 1190. The number of nitrogens with two attached hydrogens (primary N) is 1. The molecule has 0 spiro atoms. The molecule has 0 aliphatic heterocycles. The zero-order valence-corrected chi connectivity index (χ0v) is 16.9. The first kappa shape index (κ1) is 19.3. The molecule has 0 unspecified atom stereocenters. The van der Waals surface area contributed by atoms with Crippen molar-refractivity contribution in [2.45, 2.75) is 27.3 Å². The lowest BCUT2D eigenvalue weighted by molar-refractivity contribution is -0.116. The van der Waals surface area contributed by atoms with Gasteiger partial charge in [0, 0.05) is 11.3 Å². The molecule has 0 atom stereocenters. The number of aromatic nitrogens is 5. The van der Waals surface area contributed by atoms with Gasteiger partial charge in [0.25, 0.3) is 5.89 Å². The minimum atomic E-state index is -0.260. The van der Waals surface area contributed by atoms with Crippen LogP contribution in [0.2, 0.25) is 0 Å². The highest BCUT2D eigenvalue weighted by Crippen LogP contribution is 2.25. The highest BCUT2D eigenvalue weighted by atomic mass is 16.5. The van der Waals surface area contributed by atoms with Crippen LogP contribution in [0.25, 0.3) is 23.0 Å². The lowest BCUT2D eigenvalue weighted by atomic mass is 10.1. The van der Waals surface area contributed by atoms with Gasteiger partial charge in [0.2, 0.25) is 11.7 Å². The second-order valence-corrected chi connectivity index (χ2v) is 7.09. The summed E-state index contributed by atoms with van der Waals surface area (Å²) < 4.78 is 6.59. The van der Waals surface area contributed by atoms with Gasteiger partial charge in [-0.3, -0.25) is 4.79 Å². The summed E-state index contributed by atoms with van der Waals surface area (Å²) in [7, 11) is 0. The first-order chi connectivity index (χ1) is 14.4. The molecular weight excluding hydrogens is 382 g/mol. The molecule has 2 aromatic carbocycles. The molecule has 4 rings (SSSR count). The van der Waals surface area contributed by atoms with E-state index in [-0.39, 0.29) is 29.9 Å². The molecule has 0 saturated carbocycles. The number of nitrogens with one attached hydrogen (secondary N) is 1. The van der Waals surface area contributed by atoms with Crippen molar-refractivity contribution in [3.05, 3.63) is 59.2 Å². The van der Waals surface area contributed by atoms with Gasteiger partial charge in [-0.05, 0) is 31.9 Å². The first-order valence-corrected chi connectivity index (χ1v) is 9.38. The number of anilines is 2. The Labute approximate surface area is 172 Å². The molecular formula is C21H21N7O2. The van der Waals surface area contributed by atoms with Gasteiger partial charge in [0.15, 0.2) is 11.5 Å². The fraction of sp³-hybridized carbons (Fsp3) is 0.190. The highest BCUT2D eigenvalue weighted by molar-refractivity contribution is 5.92. The van der Waals surface area contributed by atoms with E-state index in [0.29, 0.717) is 5.82 Å². The standard InChI is InChI=1S/C21H21N7O2/c1-12-9-13(2)17(14(3)10-12)23-16(29)11-28-19(22)18(25-27-28)21-24-20(26-30-21)15-7-5-4-6-8-15/h4-10H,11,22H2,1-3H3,(H,23,29).